The van der Waals surface area contributed by atoms with E-state index in [9.17, 15) is 9.18 Å². The molecular weight excluding hydrogens is 291 g/mol. The molecule has 0 spiro atoms. The Bertz CT molecular complexity index is 508. The van der Waals surface area contributed by atoms with Gasteiger partial charge in [0.2, 0.25) is 0 Å². The first kappa shape index (κ1) is 11.5. The normalized spacial score (nSPS) is 10.4. The summed E-state index contributed by atoms with van der Waals surface area (Å²) in [6.45, 7) is 0. The molecule has 2 aromatic rings. The van der Waals surface area contributed by atoms with E-state index in [0.29, 0.717) is 15.6 Å². The van der Waals surface area contributed by atoms with Crippen LogP contribution < -0.4 is 0 Å². The van der Waals surface area contributed by atoms with Gasteiger partial charge in [0.25, 0.3) is 0 Å². The Morgan fingerprint density at radius 2 is 2.19 bits per heavy atom. The fraction of sp³-hybridized carbons (Fsp3) is 0.0833. The van der Waals surface area contributed by atoms with Crippen LogP contribution in [0, 0.1) is 5.82 Å². The molecule has 0 aliphatic carbocycles. The van der Waals surface area contributed by atoms with E-state index in [1.54, 1.807) is 23.6 Å². The van der Waals surface area contributed by atoms with E-state index in [2.05, 4.69) is 15.9 Å². The molecule has 0 aliphatic rings. The van der Waals surface area contributed by atoms with Crippen molar-refractivity contribution < 1.29 is 9.18 Å². The fourth-order valence-electron chi connectivity index (χ4n) is 1.36. The van der Waals surface area contributed by atoms with Crippen molar-refractivity contribution in [2.75, 3.05) is 0 Å². The highest BCUT2D eigenvalue weighted by Gasteiger charge is 2.10. The second-order valence-electron chi connectivity index (χ2n) is 3.35. The molecule has 1 aromatic heterocycles. The molecule has 0 aliphatic heterocycles. The summed E-state index contributed by atoms with van der Waals surface area (Å²) >= 11 is 4.64. The van der Waals surface area contributed by atoms with Crippen molar-refractivity contribution in [1.82, 2.24) is 0 Å². The number of ketones is 1. The molecule has 0 unspecified atom stereocenters. The molecule has 82 valence electrons. The number of carbonyl (C=O) groups is 1. The van der Waals surface area contributed by atoms with E-state index in [-0.39, 0.29) is 18.0 Å². The molecule has 16 heavy (non-hydrogen) atoms. The molecule has 0 amide bonds. The Morgan fingerprint density at radius 3 is 2.81 bits per heavy atom. The third kappa shape index (κ3) is 2.57. The summed E-state index contributed by atoms with van der Waals surface area (Å²) in [6, 6.07) is 6.49. The van der Waals surface area contributed by atoms with Crippen LogP contribution in [0.1, 0.15) is 15.9 Å². The fourth-order valence-corrected chi connectivity index (χ4v) is 2.36. The van der Waals surface area contributed by atoms with E-state index in [4.69, 9.17) is 0 Å². The van der Waals surface area contributed by atoms with Crippen molar-refractivity contribution in [3.05, 3.63) is 56.4 Å². The summed E-state index contributed by atoms with van der Waals surface area (Å²) in [4.78, 5) is 11.7. The lowest BCUT2D eigenvalue weighted by Crippen LogP contribution is -2.03. The number of halogens is 2. The number of hydrogen-bond donors (Lipinski definition) is 0. The molecular formula is C12H8BrFOS. The van der Waals surface area contributed by atoms with Crippen LogP contribution in [0.25, 0.3) is 0 Å². The second-order valence-corrected chi connectivity index (χ2v) is 5.04. The maximum atomic E-state index is 13.5. The first-order chi connectivity index (χ1) is 7.66. The highest BCUT2D eigenvalue weighted by Crippen LogP contribution is 2.17. The van der Waals surface area contributed by atoms with Crippen molar-refractivity contribution in [1.29, 1.82) is 0 Å². The quantitative estimate of drug-likeness (QED) is 0.781. The molecule has 1 nitrogen and oxygen atoms in total. The lowest BCUT2D eigenvalue weighted by atomic mass is 10.1. The van der Waals surface area contributed by atoms with Crippen LogP contribution in [-0.4, -0.2) is 5.78 Å². The first-order valence-electron chi connectivity index (χ1n) is 4.66. The summed E-state index contributed by atoms with van der Waals surface area (Å²) in [7, 11) is 0. The zero-order valence-corrected chi connectivity index (χ0v) is 10.6. The third-order valence-electron chi connectivity index (χ3n) is 2.21. The summed E-state index contributed by atoms with van der Waals surface area (Å²) in [5.41, 5.74) is 1.08. The van der Waals surface area contributed by atoms with E-state index in [0.717, 1.165) is 0 Å². The molecule has 0 bridgehead atoms. The van der Waals surface area contributed by atoms with Crippen molar-refractivity contribution in [2.45, 2.75) is 6.42 Å². The van der Waals surface area contributed by atoms with Gasteiger partial charge in [-0.25, -0.2) is 4.39 Å². The van der Waals surface area contributed by atoms with Crippen molar-refractivity contribution in [2.24, 2.45) is 0 Å². The predicted molar refractivity (Wildman–Crippen MR) is 66.5 cm³/mol. The van der Waals surface area contributed by atoms with Gasteiger partial charge in [0.05, 0.1) is 0 Å². The zero-order valence-electron chi connectivity index (χ0n) is 8.24. The van der Waals surface area contributed by atoms with Gasteiger partial charge in [0.1, 0.15) is 5.82 Å². The van der Waals surface area contributed by atoms with Gasteiger partial charge in [0.15, 0.2) is 5.78 Å². The number of thiophene rings is 1. The summed E-state index contributed by atoms with van der Waals surface area (Å²) < 4.78 is 14.2. The highest BCUT2D eigenvalue weighted by atomic mass is 79.9. The Labute approximate surface area is 105 Å². The van der Waals surface area contributed by atoms with Gasteiger partial charge in [0, 0.05) is 21.8 Å². The average molecular weight is 299 g/mol. The molecule has 0 saturated heterocycles. The van der Waals surface area contributed by atoms with Crippen molar-refractivity contribution in [3.8, 4) is 0 Å². The number of rotatable bonds is 3. The SMILES string of the molecule is O=C(Cc1ccc(Br)cc1F)c1ccsc1. The maximum Gasteiger partial charge on any atom is 0.168 e. The maximum absolute atomic E-state index is 13.5. The Morgan fingerprint density at radius 1 is 1.38 bits per heavy atom. The molecule has 0 saturated carbocycles. The van der Waals surface area contributed by atoms with Gasteiger partial charge < -0.3 is 0 Å². The Balaban J connectivity index is 2.18. The number of carbonyl (C=O) groups excluding carboxylic acids is 1. The summed E-state index contributed by atoms with van der Waals surface area (Å²) in [5, 5.41) is 3.62. The zero-order chi connectivity index (χ0) is 11.5. The predicted octanol–water partition coefficient (Wildman–Crippen LogP) is 4.08. The Kier molecular flexibility index (Phi) is 3.51. The van der Waals surface area contributed by atoms with Gasteiger partial charge in [-0.05, 0) is 29.1 Å². The number of hydrogen-bond acceptors (Lipinski definition) is 2. The van der Waals surface area contributed by atoms with Gasteiger partial charge in [-0.15, -0.1) is 0 Å². The molecule has 0 radical (unpaired) electrons. The van der Waals surface area contributed by atoms with Crippen molar-refractivity contribution in [3.63, 3.8) is 0 Å². The van der Waals surface area contributed by atoms with Gasteiger partial charge in [-0.3, -0.25) is 4.79 Å². The lowest BCUT2D eigenvalue weighted by molar-refractivity contribution is 0.0992. The van der Waals surface area contributed by atoms with Gasteiger partial charge >= 0.3 is 0 Å². The monoisotopic (exact) mass is 298 g/mol. The minimum Gasteiger partial charge on any atom is -0.294 e. The van der Waals surface area contributed by atoms with E-state index < -0.39 is 0 Å². The smallest absolute Gasteiger partial charge is 0.168 e. The average Bonchev–Trinajstić information content (AvgIpc) is 2.75. The van der Waals surface area contributed by atoms with Crippen LogP contribution in [0.2, 0.25) is 0 Å². The van der Waals surface area contributed by atoms with E-state index >= 15 is 0 Å². The summed E-state index contributed by atoms with van der Waals surface area (Å²) in [5.74, 6) is -0.402. The lowest BCUT2D eigenvalue weighted by Gasteiger charge is -2.02. The number of benzene rings is 1. The minimum atomic E-state index is -0.349. The molecule has 2 rings (SSSR count). The minimum absolute atomic E-state index is 0.0533. The Hall–Kier alpha value is -1.00. The second kappa shape index (κ2) is 4.89. The summed E-state index contributed by atoms with van der Waals surface area (Å²) in [6.07, 6.45) is 0.107. The van der Waals surface area contributed by atoms with Crippen LogP contribution in [-0.2, 0) is 6.42 Å². The molecule has 1 heterocycles. The van der Waals surface area contributed by atoms with Crippen LogP contribution >= 0.6 is 27.3 Å². The molecule has 0 N–H and O–H groups in total. The third-order valence-corrected chi connectivity index (χ3v) is 3.39. The largest absolute Gasteiger partial charge is 0.294 e. The highest BCUT2D eigenvalue weighted by molar-refractivity contribution is 9.10. The molecule has 0 atom stereocenters. The first-order valence-corrected chi connectivity index (χ1v) is 6.40. The van der Waals surface area contributed by atoms with Crippen LogP contribution in [0.5, 0.6) is 0 Å². The van der Waals surface area contributed by atoms with Crippen LogP contribution in [0.3, 0.4) is 0 Å². The molecule has 4 heteroatoms. The van der Waals surface area contributed by atoms with Gasteiger partial charge in [-0.2, -0.15) is 11.3 Å². The molecule has 0 fully saturated rings. The van der Waals surface area contributed by atoms with Crippen molar-refractivity contribution >= 4 is 33.0 Å². The van der Waals surface area contributed by atoms with E-state index in [1.807, 2.05) is 5.38 Å². The standard InChI is InChI=1S/C12H8BrFOS/c13-10-2-1-8(11(14)6-10)5-12(15)9-3-4-16-7-9/h1-4,6-7H,5H2. The van der Waals surface area contributed by atoms with Gasteiger partial charge in [-0.1, -0.05) is 22.0 Å². The van der Waals surface area contributed by atoms with E-state index in [1.165, 1.54) is 17.4 Å². The number of Topliss-reactive ketones (excluding diaryl/α,β-unsaturated/α-hetero) is 1. The molecule has 1 aromatic carbocycles. The topological polar surface area (TPSA) is 17.1 Å². The van der Waals surface area contributed by atoms with Crippen LogP contribution in [0.15, 0.2) is 39.5 Å². The van der Waals surface area contributed by atoms with Crippen LogP contribution in [0.4, 0.5) is 4.39 Å².